The Balaban J connectivity index is 1.68. The van der Waals surface area contributed by atoms with Gasteiger partial charge in [-0.1, -0.05) is 17.4 Å². The van der Waals surface area contributed by atoms with Crippen LogP contribution in [0.2, 0.25) is 0 Å². The first-order chi connectivity index (χ1) is 15.4. The number of ether oxygens (including phenoxy) is 3. The molecule has 0 fully saturated rings. The molecule has 0 atom stereocenters. The van der Waals surface area contributed by atoms with E-state index in [9.17, 15) is 9.59 Å². The Labute approximate surface area is 190 Å². The van der Waals surface area contributed by atoms with Crippen LogP contribution in [-0.4, -0.2) is 54.4 Å². The molecule has 2 heterocycles. The van der Waals surface area contributed by atoms with Gasteiger partial charge in [0.1, 0.15) is 5.01 Å². The lowest BCUT2D eigenvalue weighted by atomic mass is 10.1. The molecule has 0 saturated heterocycles. The highest BCUT2D eigenvalue weighted by molar-refractivity contribution is 7.15. The minimum atomic E-state index is -0.745. The minimum absolute atomic E-state index is 0.270. The first kappa shape index (κ1) is 23.4. The summed E-state index contributed by atoms with van der Waals surface area (Å²) in [6, 6.07) is 7.31. The number of hydrogen-bond donors (Lipinski definition) is 1. The van der Waals surface area contributed by atoms with Gasteiger partial charge in [0.15, 0.2) is 11.5 Å². The minimum Gasteiger partial charge on any atom is -0.493 e. The smallest absolute Gasteiger partial charge is 0.298 e. The van der Waals surface area contributed by atoms with E-state index in [4.69, 9.17) is 14.2 Å². The maximum absolute atomic E-state index is 12.7. The van der Waals surface area contributed by atoms with Crippen molar-refractivity contribution in [1.82, 2.24) is 14.8 Å². The first-order valence-electron chi connectivity index (χ1n) is 9.92. The summed E-state index contributed by atoms with van der Waals surface area (Å²) >= 11 is 1.22. The molecule has 3 rings (SSSR count). The maximum atomic E-state index is 12.7. The summed E-state index contributed by atoms with van der Waals surface area (Å²) in [4.78, 5) is 25.2. The Hall–Kier alpha value is -3.24. The number of amides is 1. The average molecular weight is 459 g/mol. The van der Waals surface area contributed by atoms with Crippen molar-refractivity contribution in [3.63, 3.8) is 0 Å². The molecule has 0 saturated carbocycles. The number of Topliss-reactive ketones (excluding diaryl/α,β-unsaturated/α-hetero) is 1. The fraction of sp³-hybridized carbons (Fsp3) is 0.364. The number of aromatic nitrogens is 3. The molecule has 0 spiro atoms. The second kappa shape index (κ2) is 10.4. The lowest BCUT2D eigenvalue weighted by molar-refractivity contribution is -0.112. The zero-order chi connectivity index (χ0) is 23.3. The summed E-state index contributed by atoms with van der Waals surface area (Å²) in [6.07, 6.45) is 0.502. The standard InChI is InChI=1S/C22H26N4O5S/c1-13-10-16(14(2)26(13)8-9-29-3)20(27)21(28)23-22-25-24-19(32-22)12-15-6-7-17(30-4)18(11-15)31-5/h6-7,10-11H,8-9,12H2,1-5H3,(H,23,25,28). The average Bonchev–Trinajstić information content (AvgIpc) is 3.34. The summed E-state index contributed by atoms with van der Waals surface area (Å²) in [5.74, 6) is -0.0949. The highest BCUT2D eigenvalue weighted by Crippen LogP contribution is 2.29. The van der Waals surface area contributed by atoms with Crippen molar-refractivity contribution in [2.24, 2.45) is 0 Å². The predicted octanol–water partition coefficient (Wildman–Crippen LogP) is 3.03. The van der Waals surface area contributed by atoms with Crippen LogP contribution < -0.4 is 14.8 Å². The summed E-state index contributed by atoms with van der Waals surface area (Å²) in [5, 5.41) is 11.6. The Morgan fingerprint density at radius 1 is 1.06 bits per heavy atom. The molecule has 2 aromatic heterocycles. The van der Waals surface area contributed by atoms with E-state index in [1.807, 2.05) is 36.6 Å². The van der Waals surface area contributed by atoms with Gasteiger partial charge in [-0.2, -0.15) is 0 Å². The molecule has 170 valence electrons. The van der Waals surface area contributed by atoms with Crippen LogP contribution in [0.5, 0.6) is 11.5 Å². The lowest BCUT2D eigenvalue weighted by Gasteiger charge is -2.08. The predicted molar refractivity (Wildman–Crippen MR) is 121 cm³/mol. The van der Waals surface area contributed by atoms with Crippen LogP contribution in [0.1, 0.15) is 32.3 Å². The highest BCUT2D eigenvalue weighted by Gasteiger charge is 2.23. The summed E-state index contributed by atoms with van der Waals surface area (Å²) in [5.41, 5.74) is 2.94. The fourth-order valence-corrected chi connectivity index (χ4v) is 4.14. The van der Waals surface area contributed by atoms with Crippen molar-refractivity contribution in [1.29, 1.82) is 0 Å². The third-order valence-corrected chi connectivity index (χ3v) is 5.87. The van der Waals surface area contributed by atoms with E-state index >= 15 is 0 Å². The number of carbonyl (C=O) groups is 2. The molecule has 3 aromatic rings. The number of anilines is 1. The molecular weight excluding hydrogens is 432 g/mol. The molecule has 32 heavy (non-hydrogen) atoms. The van der Waals surface area contributed by atoms with Gasteiger partial charge in [-0.05, 0) is 37.6 Å². The Kier molecular flexibility index (Phi) is 7.60. The van der Waals surface area contributed by atoms with Crippen LogP contribution in [0.15, 0.2) is 24.3 Å². The second-order valence-electron chi connectivity index (χ2n) is 7.08. The molecule has 0 radical (unpaired) electrons. The van der Waals surface area contributed by atoms with E-state index < -0.39 is 11.7 Å². The van der Waals surface area contributed by atoms with Crippen molar-refractivity contribution in [3.8, 4) is 11.5 Å². The van der Waals surface area contributed by atoms with Crippen LogP contribution in [0.25, 0.3) is 0 Å². The van der Waals surface area contributed by atoms with Gasteiger partial charge in [-0.25, -0.2) is 0 Å². The van der Waals surface area contributed by atoms with Gasteiger partial charge in [0, 0.05) is 37.0 Å². The lowest BCUT2D eigenvalue weighted by Crippen LogP contribution is -2.23. The summed E-state index contributed by atoms with van der Waals surface area (Å²) in [7, 11) is 4.78. The number of carbonyl (C=O) groups excluding carboxylic acids is 2. The van der Waals surface area contributed by atoms with Gasteiger partial charge in [0.2, 0.25) is 5.13 Å². The van der Waals surface area contributed by atoms with E-state index in [0.717, 1.165) is 17.0 Å². The van der Waals surface area contributed by atoms with Crippen LogP contribution in [0, 0.1) is 13.8 Å². The monoisotopic (exact) mass is 458 g/mol. The molecule has 1 amide bonds. The van der Waals surface area contributed by atoms with Crippen molar-refractivity contribution >= 4 is 28.2 Å². The van der Waals surface area contributed by atoms with Crippen LogP contribution in [0.4, 0.5) is 5.13 Å². The van der Waals surface area contributed by atoms with Gasteiger partial charge >= 0.3 is 0 Å². The zero-order valence-corrected chi connectivity index (χ0v) is 19.5. The number of rotatable bonds is 10. The zero-order valence-electron chi connectivity index (χ0n) is 18.7. The van der Waals surface area contributed by atoms with Crippen LogP contribution in [0.3, 0.4) is 0 Å². The number of aryl methyl sites for hydroxylation is 1. The topological polar surface area (TPSA) is 105 Å². The van der Waals surface area contributed by atoms with Gasteiger partial charge in [0.25, 0.3) is 11.7 Å². The van der Waals surface area contributed by atoms with E-state index in [0.29, 0.717) is 41.6 Å². The van der Waals surface area contributed by atoms with Crippen LogP contribution in [-0.2, 0) is 22.5 Å². The molecule has 9 nitrogen and oxygen atoms in total. The largest absolute Gasteiger partial charge is 0.493 e. The number of methoxy groups -OCH3 is 3. The third-order valence-electron chi connectivity index (χ3n) is 5.03. The van der Waals surface area contributed by atoms with Gasteiger partial charge in [-0.15, -0.1) is 10.2 Å². The SMILES string of the molecule is COCCn1c(C)cc(C(=O)C(=O)Nc2nnc(Cc3ccc(OC)c(OC)c3)s2)c1C. The first-order valence-corrected chi connectivity index (χ1v) is 10.7. The quantitative estimate of drug-likeness (QED) is 0.368. The molecule has 10 heteroatoms. The van der Waals surface area contributed by atoms with Crippen molar-refractivity contribution in [2.75, 3.05) is 33.3 Å². The van der Waals surface area contributed by atoms with E-state index in [1.54, 1.807) is 27.4 Å². The summed E-state index contributed by atoms with van der Waals surface area (Å²) < 4.78 is 17.6. The Morgan fingerprint density at radius 3 is 2.50 bits per heavy atom. The number of nitrogens with zero attached hydrogens (tertiary/aromatic N) is 3. The molecule has 0 aliphatic rings. The third kappa shape index (κ3) is 5.14. The van der Waals surface area contributed by atoms with Gasteiger partial charge in [-0.3, -0.25) is 14.9 Å². The van der Waals surface area contributed by atoms with Gasteiger partial charge in [0.05, 0.1) is 20.8 Å². The molecule has 0 aliphatic carbocycles. The number of nitrogens with one attached hydrogen (secondary N) is 1. The number of benzene rings is 1. The van der Waals surface area contributed by atoms with Crippen molar-refractivity contribution < 1.29 is 23.8 Å². The molecular formula is C22H26N4O5S. The van der Waals surface area contributed by atoms with Crippen molar-refractivity contribution in [2.45, 2.75) is 26.8 Å². The fourth-order valence-electron chi connectivity index (χ4n) is 3.37. The van der Waals surface area contributed by atoms with Crippen LogP contribution >= 0.6 is 11.3 Å². The second-order valence-corrected chi connectivity index (χ2v) is 8.14. The van der Waals surface area contributed by atoms with Gasteiger partial charge < -0.3 is 18.8 Å². The highest BCUT2D eigenvalue weighted by atomic mass is 32.1. The molecule has 0 bridgehead atoms. The summed E-state index contributed by atoms with van der Waals surface area (Å²) in [6.45, 7) is 4.83. The molecule has 0 aliphatic heterocycles. The molecule has 1 aromatic carbocycles. The van der Waals surface area contributed by atoms with E-state index in [1.165, 1.54) is 11.3 Å². The maximum Gasteiger partial charge on any atom is 0.298 e. The Bertz CT molecular complexity index is 1120. The number of ketones is 1. The normalized spacial score (nSPS) is 10.8. The van der Waals surface area contributed by atoms with E-state index in [-0.39, 0.29) is 5.13 Å². The molecule has 1 N–H and O–H groups in total. The number of hydrogen-bond acceptors (Lipinski definition) is 8. The Morgan fingerprint density at radius 2 is 1.81 bits per heavy atom. The van der Waals surface area contributed by atoms with E-state index in [2.05, 4.69) is 15.5 Å². The van der Waals surface area contributed by atoms with Crippen molar-refractivity contribution in [3.05, 3.63) is 51.8 Å². The molecule has 0 unspecified atom stereocenters.